The van der Waals surface area contributed by atoms with E-state index in [1.54, 1.807) is 21.3 Å². The van der Waals surface area contributed by atoms with E-state index in [9.17, 15) is 0 Å². The molecule has 0 atom stereocenters. The number of methoxy groups -OCH3 is 3. The molecule has 0 aliphatic rings. The molecule has 10 aromatic carbocycles. The van der Waals surface area contributed by atoms with Crippen LogP contribution in [0.1, 0.15) is 0 Å². The molecule has 52 heavy (non-hydrogen) atoms. The van der Waals surface area contributed by atoms with Gasteiger partial charge in [0.25, 0.3) is 0 Å². The van der Waals surface area contributed by atoms with Crippen molar-refractivity contribution in [2.75, 3.05) is 21.3 Å². The lowest BCUT2D eigenvalue weighted by Gasteiger charge is -2.12. The Morgan fingerprint density at radius 2 is 0.712 bits per heavy atom. The molecule has 0 bridgehead atoms. The van der Waals surface area contributed by atoms with Crippen LogP contribution in [0.15, 0.2) is 146 Å². The topological polar surface area (TPSA) is 27.7 Å². The van der Waals surface area contributed by atoms with E-state index >= 15 is 0 Å². The lowest BCUT2D eigenvalue weighted by Crippen LogP contribution is -3.00. The molecule has 0 aliphatic heterocycles. The number of hydrogen-bond donors (Lipinski definition) is 0. The molecule has 0 N–H and O–H groups in total. The van der Waals surface area contributed by atoms with Gasteiger partial charge in [-0.25, -0.2) is 0 Å². The Bertz CT molecular complexity index is 2660. The van der Waals surface area contributed by atoms with E-state index in [0.29, 0.717) is 0 Å². The minimum atomic E-state index is 0. The number of halogens is 1. The van der Waals surface area contributed by atoms with Crippen molar-refractivity contribution in [1.82, 2.24) is 0 Å². The number of rotatable bonds is 6. The molecule has 10 rings (SSSR count). The Labute approximate surface area is 307 Å². The molecule has 0 amide bonds. The van der Waals surface area contributed by atoms with Gasteiger partial charge in [-0.1, -0.05) is 97.1 Å². The summed E-state index contributed by atoms with van der Waals surface area (Å²) in [5.74, 6) is 2.67. The van der Waals surface area contributed by atoms with Crippen LogP contribution >= 0.6 is 0 Å². The van der Waals surface area contributed by atoms with Crippen LogP contribution in [0.3, 0.4) is 0 Å². The summed E-state index contributed by atoms with van der Waals surface area (Å²) in [6, 6.07) is 52.1. The van der Waals surface area contributed by atoms with E-state index in [1.807, 2.05) is 0 Å². The predicted molar refractivity (Wildman–Crippen MR) is 214 cm³/mol. The molecular formula is C48H33ClO3. The molecule has 0 saturated heterocycles. The highest BCUT2D eigenvalue weighted by Crippen LogP contribution is 2.61. The van der Waals surface area contributed by atoms with E-state index < -0.39 is 0 Å². The maximum Gasteiger partial charge on any atom is 0.159 e. The van der Waals surface area contributed by atoms with Gasteiger partial charge in [-0.3, -0.25) is 0 Å². The third-order valence-corrected chi connectivity index (χ3v) is 10.6. The average Bonchev–Trinajstić information content (AvgIpc) is 3.92. The Morgan fingerprint density at radius 3 is 1.13 bits per heavy atom. The Kier molecular flexibility index (Phi) is 7.50. The lowest BCUT2D eigenvalue weighted by molar-refractivity contribution is -0.0000102. The van der Waals surface area contributed by atoms with Gasteiger partial charge in [0.2, 0.25) is 0 Å². The summed E-state index contributed by atoms with van der Waals surface area (Å²) in [4.78, 5) is 0. The van der Waals surface area contributed by atoms with Crippen molar-refractivity contribution in [2.24, 2.45) is 0 Å². The van der Waals surface area contributed by atoms with Gasteiger partial charge in [0.1, 0.15) is 28.2 Å². The molecule has 0 radical (unpaired) electrons. The molecule has 0 aliphatic carbocycles. The summed E-state index contributed by atoms with van der Waals surface area (Å²) in [7, 11) is 5.35. The highest BCUT2D eigenvalue weighted by molar-refractivity contribution is 6.28. The second-order valence-electron chi connectivity index (χ2n) is 13.2. The van der Waals surface area contributed by atoms with Gasteiger partial charge in [0.15, 0.2) is 5.75 Å². The van der Waals surface area contributed by atoms with Crippen molar-refractivity contribution in [1.29, 1.82) is 0 Å². The van der Waals surface area contributed by atoms with Crippen LogP contribution in [0.5, 0.6) is 17.2 Å². The molecule has 0 heterocycles. The average molecular weight is 693 g/mol. The first-order chi connectivity index (χ1) is 25.2. The van der Waals surface area contributed by atoms with Crippen LogP contribution in [0.2, 0.25) is 0 Å². The Morgan fingerprint density at radius 1 is 0.365 bits per heavy atom. The van der Waals surface area contributed by atoms with Crippen LogP contribution in [0.25, 0.3) is 98.0 Å². The standard InChI is InChI=1S/C48H33O3.ClH/c1-49-46-34-19-7-4-13-28(34)25-31-16-10-22-37(40(31)46)43-44(38-23-11-17-32-26-29-14-5-8-20-35(29)47(50-2)41(32)38)45(43)39-24-12-18-33-27-30-15-6-9-21-36(30)48(51-3)42(33)39;/h4-27H,1-3H3;1H/q+1;/p-1. The molecule has 4 heteroatoms. The van der Waals surface area contributed by atoms with Crippen molar-refractivity contribution < 1.29 is 26.6 Å². The van der Waals surface area contributed by atoms with Crippen molar-refractivity contribution in [3.05, 3.63) is 146 Å². The van der Waals surface area contributed by atoms with Gasteiger partial charge < -0.3 is 26.6 Å². The fourth-order valence-corrected chi connectivity index (χ4v) is 8.48. The molecule has 0 saturated carbocycles. The molecule has 0 aromatic heterocycles. The van der Waals surface area contributed by atoms with E-state index in [-0.39, 0.29) is 12.4 Å². The zero-order chi connectivity index (χ0) is 34.2. The van der Waals surface area contributed by atoms with Gasteiger partial charge in [-0.15, -0.1) is 0 Å². The maximum absolute atomic E-state index is 6.28. The van der Waals surface area contributed by atoms with Crippen LogP contribution in [0, 0.1) is 0 Å². The van der Waals surface area contributed by atoms with Gasteiger partial charge >= 0.3 is 0 Å². The minimum absolute atomic E-state index is 0. The third-order valence-electron chi connectivity index (χ3n) is 10.6. The number of benzene rings is 9. The highest BCUT2D eigenvalue weighted by Gasteiger charge is 2.42. The monoisotopic (exact) mass is 692 g/mol. The van der Waals surface area contributed by atoms with Gasteiger partial charge in [0, 0.05) is 21.5 Å². The van der Waals surface area contributed by atoms with Gasteiger partial charge in [-0.2, -0.15) is 0 Å². The normalized spacial score (nSPS) is 11.6. The molecule has 3 nitrogen and oxygen atoms in total. The molecule has 250 valence electrons. The molecule has 0 unspecified atom stereocenters. The SMILES string of the molecule is COc1c2ccccc2cc2cccc(-c3c(-c4cccc5cc6ccccc6c(OC)c45)[c+]3-c3cccc4cc5ccccc5c(OC)c34)c12.[Cl-]. The van der Waals surface area contributed by atoms with Crippen molar-refractivity contribution in [2.45, 2.75) is 0 Å². The van der Waals surface area contributed by atoms with E-state index in [2.05, 4.69) is 146 Å². The second kappa shape index (κ2) is 12.3. The molecule has 0 spiro atoms. The molecule has 10 aromatic rings. The van der Waals surface area contributed by atoms with Crippen LogP contribution in [0.4, 0.5) is 0 Å². The van der Waals surface area contributed by atoms with E-state index in [0.717, 1.165) is 98.6 Å². The van der Waals surface area contributed by atoms with E-state index in [4.69, 9.17) is 14.2 Å². The summed E-state index contributed by atoms with van der Waals surface area (Å²) < 4.78 is 18.8. The Balaban J connectivity index is 0.00000360. The number of hydrogen-bond acceptors (Lipinski definition) is 3. The summed E-state index contributed by atoms with van der Waals surface area (Å²) in [6.07, 6.45) is 0. The molecular weight excluding hydrogens is 660 g/mol. The van der Waals surface area contributed by atoms with Crippen molar-refractivity contribution in [3.8, 4) is 50.6 Å². The lowest BCUT2D eigenvalue weighted by atomic mass is 9.95. The minimum Gasteiger partial charge on any atom is -1.00 e. The van der Waals surface area contributed by atoms with Crippen LogP contribution < -0.4 is 26.6 Å². The Hall–Kier alpha value is -6.16. The summed E-state index contributed by atoms with van der Waals surface area (Å²) in [5.41, 5.74) is 7.06. The smallest absolute Gasteiger partial charge is 0.159 e. The first-order valence-corrected chi connectivity index (χ1v) is 17.3. The van der Waals surface area contributed by atoms with Crippen molar-refractivity contribution >= 4 is 64.6 Å². The summed E-state index contributed by atoms with van der Waals surface area (Å²) in [6.45, 7) is 0. The molecule has 0 fully saturated rings. The summed E-state index contributed by atoms with van der Waals surface area (Å²) in [5, 5.41) is 13.5. The van der Waals surface area contributed by atoms with Gasteiger partial charge in [-0.05, 0) is 75.5 Å². The fourth-order valence-electron chi connectivity index (χ4n) is 8.48. The van der Waals surface area contributed by atoms with Crippen LogP contribution in [-0.2, 0) is 0 Å². The predicted octanol–water partition coefficient (Wildman–Crippen LogP) is 9.79. The van der Waals surface area contributed by atoms with E-state index in [1.165, 1.54) is 16.7 Å². The van der Waals surface area contributed by atoms with Crippen molar-refractivity contribution in [3.63, 3.8) is 0 Å². The fraction of sp³-hybridized carbons (Fsp3) is 0.0625. The first-order valence-electron chi connectivity index (χ1n) is 17.3. The zero-order valence-corrected chi connectivity index (χ0v) is 29.7. The number of fused-ring (bicyclic) bond motifs is 6. The highest BCUT2D eigenvalue weighted by atomic mass is 35.5. The number of ether oxygens (including phenoxy) is 3. The largest absolute Gasteiger partial charge is 1.00 e. The third kappa shape index (κ3) is 4.56. The summed E-state index contributed by atoms with van der Waals surface area (Å²) >= 11 is 0. The first kappa shape index (κ1) is 31.8. The van der Waals surface area contributed by atoms with Crippen LogP contribution in [-0.4, -0.2) is 21.3 Å². The second-order valence-corrected chi connectivity index (χ2v) is 13.2. The maximum atomic E-state index is 6.28. The quantitative estimate of drug-likeness (QED) is 0.128. The zero-order valence-electron chi connectivity index (χ0n) is 29.0. The van der Waals surface area contributed by atoms with Gasteiger partial charge in [0.05, 0.1) is 54.2 Å².